The van der Waals surface area contributed by atoms with Gasteiger partial charge in [-0.15, -0.1) is 0 Å². The minimum absolute atomic E-state index is 0.130. The first-order valence-corrected chi connectivity index (χ1v) is 11.1. The summed E-state index contributed by atoms with van der Waals surface area (Å²) in [6, 6.07) is 6.99. The Morgan fingerprint density at radius 2 is 1.90 bits per heavy atom. The van der Waals surface area contributed by atoms with Gasteiger partial charge in [-0.3, -0.25) is 4.79 Å². The molecule has 2 aliphatic rings. The van der Waals surface area contributed by atoms with Crippen LogP contribution >= 0.6 is 23.4 Å². The zero-order chi connectivity index (χ0) is 20.4. The molecule has 0 unspecified atom stereocenters. The number of piperazine rings is 1. The summed E-state index contributed by atoms with van der Waals surface area (Å²) in [5, 5.41) is 6.28. The van der Waals surface area contributed by atoms with Crippen LogP contribution in [-0.4, -0.2) is 59.4 Å². The summed E-state index contributed by atoms with van der Waals surface area (Å²) in [6.07, 6.45) is 2.79. The third-order valence-corrected chi connectivity index (χ3v) is 6.58. The first kappa shape index (κ1) is 20.3. The van der Waals surface area contributed by atoms with Crippen LogP contribution in [-0.2, 0) is 17.6 Å². The average Bonchev–Trinajstić information content (AvgIpc) is 3.19. The maximum atomic E-state index is 12.8. The molecule has 2 heterocycles. The van der Waals surface area contributed by atoms with E-state index in [0.717, 1.165) is 56.7 Å². The van der Waals surface area contributed by atoms with E-state index in [4.69, 9.17) is 11.6 Å². The second kappa shape index (κ2) is 8.77. The molecule has 9 heteroatoms. The Morgan fingerprint density at radius 1 is 1.17 bits per heavy atom. The number of nitrogens with zero attached hydrogens (tertiary/aromatic N) is 4. The van der Waals surface area contributed by atoms with E-state index in [0.29, 0.717) is 15.7 Å². The van der Waals surface area contributed by atoms with Crippen LogP contribution in [0.3, 0.4) is 0 Å². The van der Waals surface area contributed by atoms with Crippen molar-refractivity contribution in [3.63, 3.8) is 0 Å². The zero-order valence-electron chi connectivity index (χ0n) is 16.4. The molecular weight excluding hydrogens is 410 g/mol. The quantitative estimate of drug-likeness (QED) is 0.574. The lowest BCUT2D eigenvalue weighted by Gasteiger charge is -2.35. The number of carbonyl (C=O) groups excluding carboxylic acids is 1. The lowest BCUT2D eigenvalue weighted by Crippen LogP contribution is -2.54. The van der Waals surface area contributed by atoms with Crippen LogP contribution in [0.2, 0.25) is 5.02 Å². The second-order valence-corrected chi connectivity index (χ2v) is 8.79. The summed E-state index contributed by atoms with van der Waals surface area (Å²) in [6.45, 7) is 3.51. The first-order valence-electron chi connectivity index (χ1n) is 9.78. The van der Waals surface area contributed by atoms with Gasteiger partial charge in [0.1, 0.15) is 5.03 Å². The summed E-state index contributed by atoms with van der Waals surface area (Å²) < 4.78 is 1.78. The molecule has 0 bridgehead atoms. The Balaban J connectivity index is 1.48. The summed E-state index contributed by atoms with van der Waals surface area (Å²) in [7, 11) is 2.09. The van der Waals surface area contributed by atoms with E-state index >= 15 is 0 Å². The molecule has 1 N–H and O–H groups in total. The molecule has 1 aliphatic carbocycles. The number of benzene rings is 1. The Hall–Kier alpha value is -2.03. The highest BCUT2D eigenvalue weighted by atomic mass is 35.5. The van der Waals surface area contributed by atoms with Gasteiger partial charge in [-0.25, -0.2) is 9.47 Å². The van der Waals surface area contributed by atoms with Crippen LogP contribution in [0.1, 0.15) is 17.7 Å². The number of thioether (sulfide) groups is 1. The van der Waals surface area contributed by atoms with E-state index in [1.807, 2.05) is 0 Å². The zero-order valence-corrected chi connectivity index (χ0v) is 17.9. The fourth-order valence-corrected chi connectivity index (χ4v) is 4.78. The minimum Gasteiger partial charge on any atom is -0.325 e. The van der Waals surface area contributed by atoms with Gasteiger partial charge in [-0.1, -0.05) is 23.4 Å². The largest absolute Gasteiger partial charge is 0.367 e. The number of carbonyl (C=O) groups is 1. The summed E-state index contributed by atoms with van der Waals surface area (Å²) in [4.78, 5) is 31.7. The fourth-order valence-electron chi connectivity index (χ4n) is 3.78. The van der Waals surface area contributed by atoms with Crippen molar-refractivity contribution >= 4 is 35.0 Å². The van der Waals surface area contributed by atoms with Crippen molar-refractivity contribution in [2.75, 3.05) is 49.3 Å². The number of hydrogen-bond acceptors (Lipinski definition) is 6. The number of rotatable bonds is 5. The molecule has 1 fully saturated rings. The maximum Gasteiger partial charge on any atom is 0.367 e. The standard InChI is InChI=1S/C20H24ClN5O2S/c1-24-9-11-25(12-10-24)26-17-4-2-3-16(17)19(23-20(26)28)29-13-18(27)22-15-7-5-14(21)6-8-15/h5-8H,2-4,9-13H2,1H3,(H,22,27). The molecule has 4 rings (SSSR count). The molecule has 1 saturated heterocycles. The maximum absolute atomic E-state index is 12.8. The van der Waals surface area contributed by atoms with E-state index in [1.165, 1.54) is 11.8 Å². The van der Waals surface area contributed by atoms with Crippen molar-refractivity contribution in [2.24, 2.45) is 0 Å². The summed E-state index contributed by atoms with van der Waals surface area (Å²) in [5.41, 5.74) is 2.64. The van der Waals surface area contributed by atoms with E-state index < -0.39 is 0 Å². The van der Waals surface area contributed by atoms with E-state index in [9.17, 15) is 9.59 Å². The van der Waals surface area contributed by atoms with Gasteiger partial charge < -0.3 is 15.2 Å². The van der Waals surface area contributed by atoms with Gasteiger partial charge >= 0.3 is 5.69 Å². The van der Waals surface area contributed by atoms with Gasteiger partial charge in [-0.2, -0.15) is 4.98 Å². The molecule has 1 aromatic carbocycles. The molecular formula is C20H24ClN5O2S. The van der Waals surface area contributed by atoms with E-state index in [1.54, 1.807) is 28.9 Å². The van der Waals surface area contributed by atoms with Gasteiger partial charge in [0.15, 0.2) is 0 Å². The van der Waals surface area contributed by atoms with E-state index in [-0.39, 0.29) is 17.3 Å². The van der Waals surface area contributed by atoms with Crippen molar-refractivity contribution in [2.45, 2.75) is 24.3 Å². The molecule has 0 radical (unpaired) electrons. The van der Waals surface area contributed by atoms with Crippen molar-refractivity contribution in [1.82, 2.24) is 14.6 Å². The Morgan fingerprint density at radius 3 is 2.62 bits per heavy atom. The summed E-state index contributed by atoms with van der Waals surface area (Å²) >= 11 is 7.21. The number of fused-ring (bicyclic) bond motifs is 1. The minimum atomic E-state index is -0.240. The average molecular weight is 434 g/mol. The number of halogens is 1. The number of anilines is 1. The molecule has 2 aromatic rings. The third kappa shape index (κ3) is 4.60. The molecule has 1 amide bonds. The predicted octanol–water partition coefficient (Wildman–Crippen LogP) is 2.00. The van der Waals surface area contributed by atoms with Gasteiger partial charge in [-0.05, 0) is 50.6 Å². The van der Waals surface area contributed by atoms with E-state index in [2.05, 4.69) is 27.3 Å². The molecule has 1 aliphatic heterocycles. The molecule has 0 spiro atoms. The van der Waals surface area contributed by atoms with Crippen molar-refractivity contribution in [3.05, 3.63) is 51.0 Å². The topological polar surface area (TPSA) is 70.5 Å². The lowest BCUT2D eigenvalue weighted by molar-refractivity contribution is -0.113. The van der Waals surface area contributed by atoms with Crippen LogP contribution in [0.5, 0.6) is 0 Å². The van der Waals surface area contributed by atoms with Crippen LogP contribution in [0.4, 0.5) is 5.69 Å². The molecule has 7 nitrogen and oxygen atoms in total. The normalized spacial score (nSPS) is 16.7. The SMILES string of the molecule is CN1CCN(n2c3c(c(SCC(=O)Nc4ccc(Cl)cc4)nc2=O)CCC3)CC1. The lowest BCUT2D eigenvalue weighted by atomic mass is 10.3. The molecule has 0 atom stereocenters. The highest BCUT2D eigenvalue weighted by molar-refractivity contribution is 8.00. The third-order valence-electron chi connectivity index (χ3n) is 5.31. The van der Waals surface area contributed by atoms with Crippen LogP contribution in [0.25, 0.3) is 0 Å². The highest BCUT2D eigenvalue weighted by Gasteiger charge is 2.26. The van der Waals surface area contributed by atoms with Crippen LogP contribution in [0, 0.1) is 0 Å². The van der Waals surface area contributed by atoms with Gasteiger partial charge in [0.2, 0.25) is 5.91 Å². The number of likely N-dealkylation sites (N-methyl/N-ethyl adjacent to an activating group) is 1. The monoisotopic (exact) mass is 433 g/mol. The molecule has 0 saturated carbocycles. The Labute approximate surface area is 179 Å². The smallest absolute Gasteiger partial charge is 0.325 e. The molecule has 29 heavy (non-hydrogen) atoms. The van der Waals surface area contributed by atoms with Crippen molar-refractivity contribution < 1.29 is 4.79 Å². The van der Waals surface area contributed by atoms with Gasteiger partial charge in [0.25, 0.3) is 0 Å². The Bertz CT molecular complexity index is 955. The highest BCUT2D eigenvalue weighted by Crippen LogP contribution is 2.29. The van der Waals surface area contributed by atoms with Crippen molar-refractivity contribution in [3.8, 4) is 0 Å². The van der Waals surface area contributed by atoms with Crippen LogP contribution in [0.15, 0.2) is 34.1 Å². The fraction of sp³-hybridized carbons (Fsp3) is 0.450. The first-order chi connectivity index (χ1) is 14.0. The number of nitrogens with one attached hydrogen (secondary N) is 1. The Kier molecular flexibility index (Phi) is 6.12. The summed E-state index contributed by atoms with van der Waals surface area (Å²) in [5.74, 6) is 0.0779. The number of amides is 1. The van der Waals surface area contributed by atoms with Gasteiger partial charge in [0.05, 0.1) is 11.4 Å². The number of aromatic nitrogens is 2. The van der Waals surface area contributed by atoms with Crippen LogP contribution < -0.4 is 16.0 Å². The van der Waals surface area contributed by atoms with Gasteiger partial charge in [0, 0.05) is 42.5 Å². The second-order valence-electron chi connectivity index (χ2n) is 7.39. The van der Waals surface area contributed by atoms with Crippen molar-refractivity contribution in [1.29, 1.82) is 0 Å². The predicted molar refractivity (Wildman–Crippen MR) is 117 cm³/mol. The number of hydrogen-bond donors (Lipinski definition) is 1. The molecule has 1 aromatic heterocycles. The molecule has 154 valence electrons.